The summed E-state index contributed by atoms with van der Waals surface area (Å²) in [5.41, 5.74) is 5.98. The first-order valence-electron chi connectivity index (χ1n) is 8.90. The van der Waals surface area contributed by atoms with E-state index in [1.54, 1.807) is 0 Å². The number of fused-ring (bicyclic) bond motifs is 2. The summed E-state index contributed by atoms with van der Waals surface area (Å²) < 4.78 is 0. The van der Waals surface area contributed by atoms with Crippen LogP contribution in [0.1, 0.15) is 32.8 Å². The molecule has 2 unspecified atom stereocenters. The molecule has 0 saturated carbocycles. The molecule has 0 radical (unpaired) electrons. The van der Waals surface area contributed by atoms with Crippen molar-refractivity contribution < 1.29 is 0 Å². The van der Waals surface area contributed by atoms with Gasteiger partial charge in [-0.05, 0) is 51.2 Å². The second kappa shape index (κ2) is 7.49. The maximum atomic E-state index is 2.43. The Morgan fingerprint density at radius 1 is 0.607 bits per heavy atom. The zero-order valence-electron chi connectivity index (χ0n) is 14.5. The molecule has 0 nitrogen and oxygen atoms in total. The van der Waals surface area contributed by atoms with Crippen molar-refractivity contribution in [2.75, 3.05) is 0 Å². The first-order valence-corrected chi connectivity index (χ1v) is 15.1. The highest BCUT2D eigenvalue weighted by molar-refractivity contribution is 8.77. The number of hydrogen-bond acceptors (Lipinski definition) is 6. The Kier molecular flexibility index (Phi) is 4.83. The smallest absolute Gasteiger partial charge is 0.0682 e. The van der Waals surface area contributed by atoms with Gasteiger partial charge in [0.2, 0.25) is 0 Å². The van der Waals surface area contributed by atoms with Crippen LogP contribution in [0, 0.1) is 0 Å². The second-order valence-electron chi connectivity index (χ2n) is 6.61. The van der Waals surface area contributed by atoms with Gasteiger partial charge in [0.1, 0.15) is 0 Å². The van der Waals surface area contributed by atoms with E-state index in [-0.39, 0.29) is 0 Å². The van der Waals surface area contributed by atoms with Crippen LogP contribution in [-0.4, -0.2) is 0 Å². The molecule has 6 rings (SSSR count). The third kappa shape index (κ3) is 2.92. The minimum Gasteiger partial charge on any atom is -0.143 e. The minimum absolute atomic E-state index is 0.401. The van der Waals surface area contributed by atoms with Gasteiger partial charge in [0.15, 0.2) is 0 Å². The van der Waals surface area contributed by atoms with Crippen LogP contribution in [0.25, 0.3) is 9.75 Å². The van der Waals surface area contributed by atoms with Crippen LogP contribution < -0.4 is 0 Å². The lowest BCUT2D eigenvalue weighted by Gasteiger charge is -2.18. The van der Waals surface area contributed by atoms with E-state index in [0.29, 0.717) is 10.5 Å². The summed E-state index contributed by atoms with van der Waals surface area (Å²) in [7, 11) is 7.86. The normalized spacial score (nSPS) is 20.3. The molecule has 0 fully saturated rings. The van der Waals surface area contributed by atoms with Crippen molar-refractivity contribution in [1.29, 1.82) is 0 Å². The highest BCUT2D eigenvalue weighted by Gasteiger charge is 2.36. The lowest BCUT2D eigenvalue weighted by Crippen LogP contribution is -2.01. The molecule has 2 aromatic carbocycles. The summed E-state index contributed by atoms with van der Waals surface area (Å²) in [5, 5.41) is 5.44. The average Bonchev–Trinajstić information content (AvgIpc) is 3.51. The number of benzene rings is 2. The molecule has 0 spiro atoms. The van der Waals surface area contributed by atoms with Gasteiger partial charge in [0.25, 0.3) is 0 Å². The van der Waals surface area contributed by atoms with Gasteiger partial charge < -0.3 is 0 Å². The van der Waals surface area contributed by atoms with Crippen molar-refractivity contribution in [3.8, 4) is 9.75 Å². The SMILES string of the molecule is c1csc(-c2scc(C3SSc4ccccc43)c2C2SSc3ccccc32)c1. The Bertz CT molecular complexity index is 1140. The maximum absolute atomic E-state index is 2.43. The molecule has 0 amide bonds. The quantitative estimate of drug-likeness (QED) is 0.274. The molecule has 0 saturated heterocycles. The van der Waals surface area contributed by atoms with Crippen molar-refractivity contribution in [3.63, 3.8) is 0 Å². The van der Waals surface area contributed by atoms with E-state index in [1.807, 2.05) is 65.8 Å². The van der Waals surface area contributed by atoms with E-state index in [0.717, 1.165) is 0 Å². The molecular formula is C22H14S6. The van der Waals surface area contributed by atoms with E-state index in [4.69, 9.17) is 0 Å². The summed E-state index contributed by atoms with van der Waals surface area (Å²) in [6, 6.07) is 22.3. The highest BCUT2D eigenvalue weighted by atomic mass is 33.1. The second-order valence-corrected chi connectivity index (χ2v) is 13.1. The van der Waals surface area contributed by atoms with Gasteiger partial charge in [-0.25, -0.2) is 0 Å². The molecule has 2 aliphatic heterocycles. The van der Waals surface area contributed by atoms with Crippen LogP contribution in [0.15, 0.2) is 81.2 Å². The molecule has 0 bridgehead atoms. The van der Waals surface area contributed by atoms with Gasteiger partial charge in [0, 0.05) is 19.5 Å². The lowest BCUT2D eigenvalue weighted by molar-refractivity contribution is 1.05. The largest absolute Gasteiger partial charge is 0.143 e. The van der Waals surface area contributed by atoms with Crippen molar-refractivity contribution in [2.45, 2.75) is 20.3 Å². The number of rotatable bonds is 3. The summed E-state index contributed by atoms with van der Waals surface area (Å²) >= 11 is 3.78. The molecular weight excluding hydrogens is 457 g/mol. The Morgan fingerprint density at radius 3 is 2.00 bits per heavy atom. The molecule has 6 heteroatoms. The van der Waals surface area contributed by atoms with Gasteiger partial charge >= 0.3 is 0 Å². The van der Waals surface area contributed by atoms with Crippen LogP contribution in [-0.2, 0) is 0 Å². The van der Waals surface area contributed by atoms with Crippen molar-refractivity contribution >= 4 is 65.8 Å². The van der Waals surface area contributed by atoms with Gasteiger partial charge in [-0.3, -0.25) is 0 Å². The lowest BCUT2D eigenvalue weighted by atomic mass is 9.95. The first kappa shape index (κ1) is 18.0. The molecule has 2 aromatic heterocycles. The number of thiophene rings is 2. The standard InChI is InChI=1S/C22H14S6/c1-3-8-16-13(6-1)20(27-25-16)15-12-24-22(18-10-5-11-23-18)19(15)21-14-7-2-4-9-17(14)26-28-21/h1-12,20-21H. The predicted octanol–water partition coefficient (Wildman–Crippen LogP) is 9.16. The Morgan fingerprint density at radius 2 is 1.29 bits per heavy atom. The highest BCUT2D eigenvalue weighted by Crippen LogP contribution is 2.63. The molecule has 28 heavy (non-hydrogen) atoms. The molecule has 4 aromatic rings. The van der Waals surface area contributed by atoms with Crippen molar-refractivity contribution in [1.82, 2.24) is 0 Å². The van der Waals surface area contributed by atoms with Crippen molar-refractivity contribution in [3.05, 3.63) is 93.7 Å². The van der Waals surface area contributed by atoms with Gasteiger partial charge in [0.05, 0.1) is 10.5 Å². The third-order valence-corrected chi connectivity index (χ3v) is 12.6. The van der Waals surface area contributed by atoms with E-state index in [1.165, 1.54) is 41.8 Å². The molecule has 2 atom stereocenters. The van der Waals surface area contributed by atoms with E-state index >= 15 is 0 Å². The first-order chi connectivity index (χ1) is 13.9. The topological polar surface area (TPSA) is 0 Å². The van der Waals surface area contributed by atoms with Gasteiger partial charge in [-0.2, -0.15) is 0 Å². The zero-order chi connectivity index (χ0) is 18.5. The minimum atomic E-state index is 0.401. The molecule has 138 valence electrons. The third-order valence-electron chi connectivity index (χ3n) is 5.02. The molecule has 4 heterocycles. The molecule has 0 aliphatic carbocycles. The fourth-order valence-electron chi connectivity index (χ4n) is 3.73. The monoisotopic (exact) mass is 470 g/mol. The Labute approximate surface area is 188 Å². The fourth-order valence-corrected chi connectivity index (χ4v) is 11.9. The summed E-state index contributed by atoms with van der Waals surface area (Å²) in [4.78, 5) is 5.68. The molecule has 2 aliphatic rings. The zero-order valence-corrected chi connectivity index (χ0v) is 19.4. The molecule has 0 N–H and O–H groups in total. The van der Waals surface area contributed by atoms with Gasteiger partial charge in [-0.1, -0.05) is 85.6 Å². The van der Waals surface area contributed by atoms with Crippen molar-refractivity contribution in [2.24, 2.45) is 0 Å². The maximum Gasteiger partial charge on any atom is 0.0682 e. The van der Waals surface area contributed by atoms with Crippen LogP contribution in [0.5, 0.6) is 0 Å². The van der Waals surface area contributed by atoms with E-state index in [2.05, 4.69) is 71.4 Å². The predicted molar refractivity (Wildman–Crippen MR) is 131 cm³/mol. The van der Waals surface area contributed by atoms with Crippen LogP contribution >= 0.6 is 65.8 Å². The van der Waals surface area contributed by atoms with Gasteiger partial charge in [-0.15, -0.1) is 22.7 Å². The average molecular weight is 471 g/mol. The summed E-state index contributed by atoms with van der Waals surface area (Å²) in [6.45, 7) is 0. The summed E-state index contributed by atoms with van der Waals surface area (Å²) in [5.74, 6) is 0. The van der Waals surface area contributed by atoms with Crippen LogP contribution in [0.2, 0.25) is 0 Å². The van der Waals surface area contributed by atoms with Crippen LogP contribution in [0.3, 0.4) is 0 Å². The fraction of sp³-hybridized carbons (Fsp3) is 0.0909. The van der Waals surface area contributed by atoms with E-state index < -0.39 is 0 Å². The van der Waals surface area contributed by atoms with Crippen LogP contribution in [0.4, 0.5) is 0 Å². The Balaban J connectivity index is 1.54. The van der Waals surface area contributed by atoms with E-state index in [9.17, 15) is 0 Å². The Hall–Kier alpha value is -0.760. The number of hydrogen-bond donors (Lipinski definition) is 0. The summed E-state index contributed by atoms with van der Waals surface area (Å²) in [6.07, 6.45) is 0.